The van der Waals surface area contributed by atoms with Gasteiger partial charge in [-0.1, -0.05) is 38.1 Å². The molecule has 1 saturated heterocycles. The van der Waals surface area contributed by atoms with Crippen molar-refractivity contribution < 1.29 is 8.78 Å². The number of hydrogen-bond acceptors (Lipinski definition) is 2. The maximum atomic E-state index is 14.1. The molecule has 0 bridgehead atoms. The number of hydrogen-bond donors (Lipinski definition) is 1. The van der Waals surface area contributed by atoms with Crippen molar-refractivity contribution in [3.63, 3.8) is 0 Å². The average Bonchev–Trinajstić information content (AvgIpc) is 2.56. The van der Waals surface area contributed by atoms with Crippen molar-refractivity contribution in [2.75, 3.05) is 18.0 Å². The topological polar surface area (TPSA) is 29.3 Å². The third-order valence-electron chi connectivity index (χ3n) is 4.81. The largest absolute Gasteiger partial charge is 0.367 e. The van der Waals surface area contributed by atoms with E-state index >= 15 is 0 Å². The van der Waals surface area contributed by atoms with Gasteiger partial charge in [0, 0.05) is 31.1 Å². The molecule has 4 heteroatoms. The average molecular weight is 330 g/mol. The second-order valence-corrected chi connectivity index (χ2v) is 7.01. The first-order chi connectivity index (χ1) is 11.4. The highest BCUT2D eigenvalue weighted by Crippen LogP contribution is 2.32. The number of piperidine rings is 1. The van der Waals surface area contributed by atoms with Crippen molar-refractivity contribution in [2.45, 2.75) is 38.1 Å². The molecule has 24 heavy (non-hydrogen) atoms. The van der Waals surface area contributed by atoms with Crippen LogP contribution in [-0.2, 0) is 0 Å². The molecule has 2 aromatic rings. The molecule has 2 atom stereocenters. The maximum absolute atomic E-state index is 14.1. The van der Waals surface area contributed by atoms with E-state index in [2.05, 4.69) is 38.1 Å². The van der Waals surface area contributed by atoms with E-state index in [4.69, 9.17) is 5.73 Å². The minimum Gasteiger partial charge on any atom is -0.367 e. The van der Waals surface area contributed by atoms with Crippen LogP contribution in [0.1, 0.15) is 43.2 Å². The van der Waals surface area contributed by atoms with Gasteiger partial charge in [0.25, 0.3) is 0 Å². The number of rotatable bonds is 3. The Bertz CT molecular complexity index is 697. The second kappa shape index (κ2) is 6.89. The van der Waals surface area contributed by atoms with Gasteiger partial charge in [-0.2, -0.15) is 0 Å². The Morgan fingerprint density at radius 3 is 2.42 bits per heavy atom. The highest BCUT2D eigenvalue weighted by molar-refractivity contribution is 5.49. The molecule has 0 spiro atoms. The summed E-state index contributed by atoms with van der Waals surface area (Å²) in [4.78, 5) is 1.87. The number of nitrogens with two attached hydrogens (primary N) is 1. The van der Waals surface area contributed by atoms with Crippen molar-refractivity contribution in [1.29, 1.82) is 0 Å². The van der Waals surface area contributed by atoms with Crippen LogP contribution in [0.4, 0.5) is 14.5 Å². The molecular formula is C20H24F2N2. The molecule has 1 aliphatic heterocycles. The van der Waals surface area contributed by atoms with Gasteiger partial charge in [0.15, 0.2) is 0 Å². The van der Waals surface area contributed by atoms with Crippen LogP contribution >= 0.6 is 0 Å². The summed E-state index contributed by atoms with van der Waals surface area (Å²) in [5, 5.41) is 0. The first-order valence-corrected chi connectivity index (χ1v) is 8.49. The lowest BCUT2D eigenvalue weighted by atomic mass is 9.87. The molecule has 0 saturated carbocycles. The molecular weight excluding hydrogens is 306 g/mol. The van der Waals surface area contributed by atoms with E-state index in [1.165, 1.54) is 23.3 Å². The normalized spacial score (nSPS) is 21.3. The van der Waals surface area contributed by atoms with Gasteiger partial charge in [0.1, 0.15) is 11.6 Å². The number of benzene rings is 2. The zero-order valence-electron chi connectivity index (χ0n) is 14.2. The lowest BCUT2D eigenvalue weighted by molar-refractivity contribution is 0.448. The van der Waals surface area contributed by atoms with Crippen LogP contribution in [-0.4, -0.2) is 19.1 Å². The second-order valence-electron chi connectivity index (χ2n) is 7.01. The molecule has 3 rings (SSSR count). The van der Waals surface area contributed by atoms with E-state index in [-0.39, 0.29) is 12.0 Å². The van der Waals surface area contributed by atoms with Crippen LogP contribution in [0, 0.1) is 11.6 Å². The fraction of sp³-hybridized carbons (Fsp3) is 0.400. The Kier molecular flexibility index (Phi) is 4.86. The van der Waals surface area contributed by atoms with Gasteiger partial charge in [-0.3, -0.25) is 0 Å². The number of anilines is 1. The predicted molar refractivity (Wildman–Crippen MR) is 94.4 cm³/mol. The molecule has 1 aliphatic rings. The summed E-state index contributed by atoms with van der Waals surface area (Å²) in [6.07, 6.45) is 0.856. The molecule has 0 amide bonds. The summed E-state index contributed by atoms with van der Waals surface area (Å²) in [5.74, 6) is -0.119. The molecule has 2 unspecified atom stereocenters. The minimum atomic E-state index is -0.427. The Balaban J connectivity index is 1.84. The Hall–Kier alpha value is -1.94. The van der Waals surface area contributed by atoms with Crippen LogP contribution in [0.2, 0.25) is 0 Å². The van der Waals surface area contributed by atoms with Gasteiger partial charge in [0.2, 0.25) is 0 Å². The van der Waals surface area contributed by atoms with Crippen LogP contribution < -0.4 is 10.6 Å². The van der Waals surface area contributed by atoms with Crippen molar-refractivity contribution in [3.05, 3.63) is 65.2 Å². The monoisotopic (exact) mass is 330 g/mol. The number of halogens is 2. The first kappa shape index (κ1) is 16.9. The van der Waals surface area contributed by atoms with E-state index in [0.717, 1.165) is 12.5 Å². The fourth-order valence-electron chi connectivity index (χ4n) is 3.46. The van der Waals surface area contributed by atoms with E-state index in [0.29, 0.717) is 24.7 Å². The molecule has 128 valence electrons. The van der Waals surface area contributed by atoms with Crippen molar-refractivity contribution in [1.82, 2.24) is 0 Å². The van der Waals surface area contributed by atoms with Crippen LogP contribution in [0.5, 0.6) is 0 Å². The fourth-order valence-corrected chi connectivity index (χ4v) is 3.46. The minimum absolute atomic E-state index is 0.0591. The predicted octanol–water partition coefficient (Wildman–Crippen LogP) is 4.41. The summed E-state index contributed by atoms with van der Waals surface area (Å²) in [5.41, 5.74) is 9.00. The van der Waals surface area contributed by atoms with Crippen LogP contribution in [0.15, 0.2) is 42.5 Å². The lowest BCUT2D eigenvalue weighted by Crippen LogP contribution is -2.46. The molecule has 0 aliphatic carbocycles. The highest BCUT2D eigenvalue weighted by Gasteiger charge is 2.28. The summed E-state index contributed by atoms with van der Waals surface area (Å²) < 4.78 is 27.6. The molecule has 2 aromatic carbocycles. The van der Waals surface area contributed by atoms with Crippen molar-refractivity contribution in [3.8, 4) is 0 Å². The van der Waals surface area contributed by atoms with E-state index < -0.39 is 11.6 Å². The van der Waals surface area contributed by atoms with Gasteiger partial charge < -0.3 is 10.6 Å². The zero-order chi connectivity index (χ0) is 17.3. The Morgan fingerprint density at radius 1 is 1.04 bits per heavy atom. The zero-order valence-corrected chi connectivity index (χ0v) is 14.2. The number of nitrogens with zero attached hydrogens (tertiary/aromatic N) is 1. The Morgan fingerprint density at radius 2 is 1.75 bits per heavy atom. The molecule has 2 nitrogen and oxygen atoms in total. The highest BCUT2D eigenvalue weighted by atomic mass is 19.1. The molecule has 1 heterocycles. The van der Waals surface area contributed by atoms with Gasteiger partial charge in [-0.25, -0.2) is 8.78 Å². The Labute approximate surface area is 142 Å². The van der Waals surface area contributed by atoms with Gasteiger partial charge >= 0.3 is 0 Å². The van der Waals surface area contributed by atoms with Crippen molar-refractivity contribution in [2.24, 2.45) is 5.73 Å². The molecule has 0 radical (unpaired) electrons. The van der Waals surface area contributed by atoms with Gasteiger partial charge in [0.05, 0.1) is 5.69 Å². The lowest BCUT2D eigenvalue weighted by Gasteiger charge is -2.38. The summed E-state index contributed by atoms with van der Waals surface area (Å²) in [6, 6.07) is 12.1. The smallest absolute Gasteiger partial charge is 0.146 e. The molecule has 0 aromatic heterocycles. The first-order valence-electron chi connectivity index (χ1n) is 8.49. The summed E-state index contributed by atoms with van der Waals surface area (Å²) >= 11 is 0. The SMILES string of the molecule is CC(C)c1ccc(C2CC(N)CN(c3cc(F)ccc3F)C2)cc1. The summed E-state index contributed by atoms with van der Waals surface area (Å²) in [6.45, 7) is 5.52. The molecule has 1 fully saturated rings. The van der Waals surface area contributed by atoms with E-state index in [9.17, 15) is 8.78 Å². The summed E-state index contributed by atoms with van der Waals surface area (Å²) in [7, 11) is 0. The molecule has 2 N–H and O–H groups in total. The third-order valence-corrected chi connectivity index (χ3v) is 4.81. The van der Waals surface area contributed by atoms with E-state index in [1.807, 2.05) is 4.90 Å². The quantitative estimate of drug-likeness (QED) is 0.903. The third kappa shape index (κ3) is 3.59. The van der Waals surface area contributed by atoms with Crippen LogP contribution in [0.25, 0.3) is 0 Å². The van der Waals surface area contributed by atoms with Crippen molar-refractivity contribution >= 4 is 5.69 Å². The van der Waals surface area contributed by atoms with E-state index in [1.54, 1.807) is 0 Å². The van der Waals surface area contributed by atoms with Gasteiger partial charge in [-0.05, 0) is 35.6 Å². The standard InChI is InChI=1S/C20H24F2N2/c1-13(2)14-3-5-15(6-4-14)16-9-18(23)12-24(11-16)20-10-17(21)7-8-19(20)22/h3-8,10,13,16,18H,9,11-12,23H2,1-2H3. The van der Waals surface area contributed by atoms with Gasteiger partial charge in [-0.15, -0.1) is 0 Å². The van der Waals surface area contributed by atoms with Crippen LogP contribution in [0.3, 0.4) is 0 Å². The maximum Gasteiger partial charge on any atom is 0.146 e.